The molecule has 0 atom stereocenters. The van der Waals surface area contributed by atoms with E-state index in [1.165, 1.54) is 7.05 Å². The van der Waals surface area contributed by atoms with Crippen LogP contribution in [0.3, 0.4) is 0 Å². The van der Waals surface area contributed by atoms with Crippen LogP contribution in [0.1, 0.15) is 10.5 Å². The molecule has 5 nitrogen and oxygen atoms in total. The van der Waals surface area contributed by atoms with Crippen molar-refractivity contribution < 1.29 is 9.90 Å². The second-order valence-corrected chi connectivity index (χ2v) is 5.50. The number of anilines is 1. The second kappa shape index (κ2) is 5.78. The Morgan fingerprint density at radius 2 is 1.70 bits per heavy atom. The monoisotopic (exact) mass is 328 g/mol. The second-order valence-electron chi connectivity index (χ2n) is 5.07. The lowest BCUT2D eigenvalue weighted by atomic mass is 10.1. The van der Waals surface area contributed by atoms with E-state index in [2.05, 4.69) is 5.32 Å². The average Bonchev–Trinajstić information content (AvgIpc) is 2.55. The van der Waals surface area contributed by atoms with Gasteiger partial charge in [0.15, 0.2) is 11.4 Å². The molecule has 0 aliphatic heterocycles. The summed E-state index contributed by atoms with van der Waals surface area (Å²) in [5, 5.41) is 14.3. The molecule has 116 valence electrons. The number of benzene rings is 2. The lowest BCUT2D eigenvalue weighted by Crippen LogP contribution is -2.26. The Labute approximate surface area is 136 Å². The lowest BCUT2D eigenvalue weighted by molar-refractivity contribution is 0.101. The van der Waals surface area contributed by atoms with Crippen molar-refractivity contribution in [1.82, 2.24) is 4.57 Å². The number of fused-ring (bicyclic) bond motifs is 1. The molecule has 0 fully saturated rings. The molecule has 1 aromatic heterocycles. The van der Waals surface area contributed by atoms with E-state index in [-0.39, 0.29) is 17.0 Å². The number of hydrogen-bond donors (Lipinski definition) is 2. The van der Waals surface area contributed by atoms with Crippen LogP contribution in [0, 0.1) is 0 Å². The van der Waals surface area contributed by atoms with Gasteiger partial charge in [-0.05, 0) is 30.3 Å². The van der Waals surface area contributed by atoms with Gasteiger partial charge in [-0.2, -0.15) is 0 Å². The van der Waals surface area contributed by atoms with Crippen LogP contribution in [0.25, 0.3) is 10.8 Å². The quantitative estimate of drug-likeness (QED) is 0.759. The summed E-state index contributed by atoms with van der Waals surface area (Å²) in [5.74, 6) is -0.802. The van der Waals surface area contributed by atoms with Crippen LogP contribution in [-0.4, -0.2) is 15.6 Å². The van der Waals surface area contributed by atoms with Gasteiger partial charge in [-0.15, -0.1) is 0 Å². The molecule has 0 bridgehead atoms. The molecule has 0 radical (unpaired) electrons. The van der Waals surface area contributed by atoms with Gasteiger partial charge in [0.05, 0.1) is 5.39 Å². The van der Waals surface area contributed by atoms with Gasteiger partial charge in [-0.1, -0.05) is 29.8 Å². The largest absolute Gasteiger partial charge is 0.505 e. The molecule has 2 N–H and O–H groups in total. The predicted molar refractivity (Wildman–Crippen MR) is 90.3 cm³/mol. The van der Waals surface area contributed by atoms with E-state index in [4.69, 9.17) is 11.6 Å². The Balaban J connectivity index is 2.10. The molecule has 0 saturated carbocycles. The summed E-state index contributed by atoms with van der Waals surface area (Å²) < 4.78 is 1.14. The van der Waals surface area contributed by atoms with Crippen LogP contribution < -0.4 is 10.9 Å². The first kappa shape index (κ1) is 15.1. The van der Waals surface area contributed by atoms with Crippen molar-refractivity contribution in [3.63, 3.8) is 0 Å². The zero-order valence-corrected chi connectivity index (χ0v) is 13.0. The lowest BCUT2D eigenvalue weighted by Gasteiger charge is -2.13. The van der Waals surface area contributed by atoms with Gasteiger partial charge < -0.3 is 15.0 Å². The molecule has 1 heterocycles. The van der Waals surface area contributed by atoms with E-state index in [0.29, 0.717) is 21.5 Å². The third-order valence-electron chi connectivity index (χ3n) is 3.59. The van der Waals surface area contributed by atoms with E-state index in [1.807, 2.05) is 0 Å². The summed E-state index contributed by atoms with van der Waals surface area (Å²) in [6.45, 7) is 0. The molecule has 1 amide bonds. The van der Waals surface area contributed by atoms with E-state index in [0.717, 1.165) is 4.57 Å². The van der Waals surface area contributed by atoms with Crippen molar-refractivity contribution in [3.8, 4) is 5.75 Å². The van der Waals surface area contributed by atoms with Gasteiger partial charge in [0.2, 0.25) is 0 Å². The summed E-state index contributed by atoms with van der Waals surface area (Å²) in [5.41, 5.74) is 0.0720. The van der Waals surface area contributed by atoms with Gasteiger partial charge in [-0.3, -0.25) is 9.59 Å². The molecule has 3 rings (SSSR count). The van der Waals surface area contributed by atoms with Crippen molar-refractivity contribution in [2.45, 2.75) is 0 Å². The standard InChI is InChI=1S/C17H13ClN2O3/c1-20-14(16(22)19-11-8-6-10(18)7-9-11)15(21)12-4-2-3-5-13(12)17(20)23/h2-9,21H,1H3,(H,19,22). The summed E-state index contributed by atoms with van der Waals surface area (Å²) >= 11 is 5.80. The highest BCUT2D eigenvalue weighted by Gasteiger charge is 2.20. The molecular formula is C17H13ClN2O3. The molecule has 0 aliphatic rings. The minimum absolute atomic E-state index is 0.0938. The number of carbonyl (C=O) groups excluding carboxylic acids is 1. The normalized spacial score (nSPS) is 10.7. The summed E-state index contributed by atoms with van der Waals surface area (Å²) in [4.78, 5) is 24.8. The van der Waals surface area contributed by atoms with Gasteiger partial charge in [-0.25, -0.2) is 0 Å². The molecule has 6 heteroatoms. The van der Waals surface area contributed by atoms with Gasteiger partial charge in [0, 0.05) is 23.1 Å². The number of nitrogens with zero attached hydrogens (tertiary/aromatic N) is 1. The fraction of sp³-hybridized carbons (Fsp3) is 0.0588. The maximum atomic E-state index is 12.5. The molecule has 0 spiro atoms. The Morgan fingerprint density at radius 1 is 1.09 bits per heavy atom. The Kier molecular flexibility index (Phi) is 3.80. The van der Waals surface area contributed by atoms with Crippen LogP contribution in [0.4, 0.5) is 5.69 Å². The van der Waals surface area contributed by atoms with Crippen molar-refractivity contribution in [1.29, 1.82) is 0 Å². The fourth-order valence-corrected chi connectivity index (χ4v) is 2.55. The smallest absolute Gasteiger partial charge is 0.276 e. The topological polar surface area (TPSA) is 71.3 Å². The molecule has 0 saturated heterocycles. The summed E-state index contributed by atoms with van der Waals surface area (Å²) in [7, 11) is 1.45. The molecule has 0 aliphatic carbocycles. The fourth-order valence-electron chi connectivity index (χ4n) is 2.43. The number of rotatable bonds is 2. The molecular weight excluding hydrogens is 316 g/mol. The minimum Gasteiger partial charge on any atom is -0.505 e. The highest BCUT2D eigenvalue weighted by molar-refractivity contribution is 6.30. The highest BCUT2D eigenvalue weighted by Crippen LogP contribution is 2.26. The van der Waals surface area contributed by atoms with Crippen LogP contribution >= 0.6 is 11.6 Å². The van der Waals surface area contributed by atoms with Gasteiger partial charge >= 0.3 is 0 Å². The van der Waals surface area contributed by atoms with Crippen molar-refractivity contribution in [3.05, 3.63) is 69.6 Å². The van der Waals surface area contributed by atoms with E-state index >= 15 is 0 Å². The zero-order valence-electron chi connectivity index (χ0n) is 12.2. The highest BCUT2D eigenvalue weighted by atomic mass is 35.5. The van der Waals surface area contributed by atoms with E-state index in [9.17, 15) is 14.7 Å². The number of carbonyl (C=O) groups is 1. The average molecular weight is 329 g/mol. The Hall–Kier alpha value is -2.79. The van der Waals surface area contributed by atoms with Gasteiger partial charge in [0.1, 0.15) is 0 Å². The first-order valence-electron chi connectivity index (χ1n) is 6.86. The maximum Gasteiger partial charge on any atom is 0.276 e. The van der Waals surface area contributed by atoms with Crippen LogP contribution in [0.2, 0.25) is 5.02 Å². The van der Waals surface area contributed by atoms with Crippen molar-refractivity contribution in [2.75, 3.05) is 5.32 Å². The summed E-state index contributed by atoms with van der Waals surface area (Å²) in [6.07, 6.45) is 0. The number of nitrogens with one attached hydrogen (secondary N) is 1. The maximum absolute atomic E-state index is 12.5. The number of amides is 1. The molecule has 2 aromatic carbocycles. The van der Waals surface area contributed by atoms with E-state index < -0.39 is 5.91 Å². The van der Waals surface area contributed by atoms with Gasteiger partial charge in [0.25, 0.3) is 11.5 Å². The van der Waals surface area contributed by atoms with Crippen LogP contribution in [0.15, 0.2) is 53.3 Å². The number of aromatic hydroxyl groups is 1. The molecule has 23 heavy (non-hydrogen) atoms. The van der Waals surface area contributed by atoms with Crippen molar-refractivity contribution >= 4 is 34.0 Å². The number of halogens is 1. The Morgan fingerprint density at radius 3 is 2.35 bits per heavy atom. The zero-order chi connectivity index (χ0) is 16.6. The first-order chi connectivity index (χ1) is 11.0. The van der Waals surface area contributed by atoms with Crippen LogP contribution in [-0.2, 0) is 7.05 Å². The number of pyridine rings is 1. The molecule has 3 aromatic rings. The number of hydrogen-bond acceptors (Lipinski definition) is 3. The number of aromatic nitrogens is 1. The minimum atomic E-state index is -0.574. The van der Waals surface area contributed by atoms with Crippen LogP contribution in [0.5, 0.6) is 5.75 Å². The van der Waals surface area contributed by atoms with E-state index in [1.54, 1.807) is 48.5 Å². The van der Waals surface area contributed by atoms with Crippen molar-refractivity contribution in [2.24, 2.45) is 7.05 Å². The summed E-state index contributed by atoms with van der Waals surface area (Å²) in [6, 6.07) is 13.2. The third-order valence-corrected chi connectivity index (χ3v) is 3.85. The third kappa shape index (κ3) is 2.66. The first-order valence-corrected chi connectivity index (χ1v) is 7.24. The predicted octanol–water partition coefficient (Wildman–Crippen LogP) is 3.15. The molecule has 0 unspecified atom stereocenters. The SMILES string of the molecule is Cn1c(C(=O)Nc2ccc(Cl)cc2)c(O)c2ccccc2c1=O. The Bertz CT molecular complexity index is 962.